The van der Waals surface area contributed by atoms with Gasteiger partial charge in [-0.15, -0.1) is 0 Å². The third-order valence-electron chi connectivity index (χ3n) is 6.44. The molecule has 0 saturated carbocycles. The molecule has 1 aliphatic heterocycles. The van der Waals surface area contributed by atoms with Crippen LogP contribution >= 0.6 is 0 Å². The fourth-order valence-corrected chi connectivity index (χ4v) is 4.33. The van der Waals surface area contributed by atoms with Gasteiger partial charge in [0.25, 0.3) is 12.3 Å². The Balaban J connectivity index is 1.68. The summed E-state index contributed by atoms with van der Waals surface area (Å²) in [6, 6.07) is 5.46. The van der Waals surface area contributed by atoms with Gasteiger partial charge < -0.3 is 19.9 Å². The average Bonchev–Trinajstić information content (AvgIpc) is 3.57. The van der Waals surface area contributed by atoms with E-state index in [1.165, 1.54) is 23.8 Å². The quantitative estimate of drug-likeness (QED) is 0.359. The van der Waals surface area contributed by atoms with Gasteiger partial charge in [0, 0.05) is 48.1 Å². The number of hydrogen-bond acceptors (Lipinski definition) is 7. The van der Waals surface area contributed by atoms with Gasteiger partial charge in [-0.2, -0.15) is 10.1 Å². The molecule has 1 amide bonds. The minimum Gasteiger partial charge on any atom is -0.471 e. The summed E-state index contributed by atoms with van der Waals surface area (Å²) in [5, 5.41) is 16.9. The van der Waals surface area contributed by atoms with Crippen LogP contribution in [0.25, 0.3) is 27.9 Å². The van der Waals surface area contributed by atoms with E-state index < -0.39 is 29.3 Å². The van der Waals surface area contributed by atoms with Crippen LogP contribution in [0.15, 0.2) is 42.9 Å². The fraction of sp³-hybridized carbons (Fsp3) is 0.333. The lowest BCUT2D eigenvalue weighted by atomic mass is 10.00. The molecule has 3 aromatic heterocycles. The normalized spacial score (nSPS) is 15.7. The number of amides is 1. The van der Waals surface area contributed by atoms with Crippen molar-refractivity contribution in [1.29, 1.82) is 0 Å². The number of aromatic nitrogens is 4. The highest BCUT2D eigenvalue weighted by Gasteiger charge is 2.26. The van der Waals surface area contributed by atoms with Crippen molar-refractivity contribution in [2.75, 3.05) is 20.3 Å². The van der Waals surface area contributed by atoms with Crippen molar-refractivity contribution < 1.29 is 32.5 Å². The van der Waals surface area contributed by atoms with E-state index in [1.807, 2.05) is 0 Å². The number of nitrogens with one attached hydrogen (secondary N) is 1. The number of pyridine rings is 1. The molecular weight excluding hydrogens is 515 g/mol. The number of fused-ring (bicyclic) bond motifs is 1. The van der Waals surface area contributed by atoms with Crippen molar-refractivity contribution in [1.82, 2.24) is 24.9 Å². The highest BCUT2D eigenvalue weighted by molar-refractivity contribution is 5.96. The predicted molar refractivity (Wildman–Crippen MR) is 135 cm³/mol. The molecule has 0 spiro atoms. The Bertz CT molecular complexity index is 1530. The maximum atomic E-state index is 15.3. The molecule has 9 nitrogen and oxygen atoms in total. The second-order valence-corrected chi connectivity index (χ2v) is 9.69. The van der Waals surface area contributed by atoms with E-state index in [-0.39, 0.29) is 34.3 Å². The van der Waals surface area contributed by atoms with Crippen LogP contribution in [0.1, 0.15) is 48.3 Å². The first kappa shape index (κ1) is 26.6. The van der Waals surface area contributed by atoms with Crippen molar-refractivity contribution >= 4 is 11.6 Å². The SMILES string of the molecule is CNC(=O)c1cc(-c2cnn3cc(-c4ccc(C(C)(C)O)nc4)c(OC4CCOC4)nc23)c(F)c(C(F)F)c1. The zero-order valence-electron chi connectivity index (χ0n) is 21.4. The number of nitrogens with zero attached hydrogens (tertiary/aromatic N) is 4. The summed E-state index contributed by atoms with van der Waals surface area (Å²) in [5.74, 6) is -1.62. The highest BCUT2D eigenvalue weighted by atomic mass is 19.3. The molecule has 5 rings (SSSR count). The van der Waals surface area contributed by atoms with E-state index in [2.05, 4.69) is 20.4 Å². The molecule has 1 unspecified atom stereocenters. The standard InChI is InChI=1S/C27H26F3N5O4/c1-27(2,37)21-5-4-14(10-32-21)20-12-35-24(34-26(20)39-16-6-7-38-13-16)19(11-33-35)17-8-15(25(36)31-3)9-18(22(17)28)23(29)30/h4-5,8-12,16,23,37H,6-7,13H2,1-3H3,(H,31,36). The Morgan fingerprint density at radius 1 is 1.23 bits per heavy atom. The molecular formula is C27H26F3N5O4. The molecule has 2 N–H and O–H groups in total. The van der Waals surface area contributed by atoms with Crippen molar-refractivity contribution in [3.63, 3.8) is 0 Å². The summed E-state index contributed by atoms with van der Waals surface area (Å²) in [7, 11) is 1.35. The minimum atomic E-state index is -3.14. The monoisotopic (exact) mass is 541 g/mol. The molecule has 1 saturated heterocycles. The zero-order chi connectivity index (χ0) is 27.9. The smallest absolute Gasteiger partial charge is 0.266 e. The van der Waals surface area contributed by atoms with E-state index >= 15 is 4.39 Å². The van der Waals surface area contributed by atoms with Crippen molar-refractivity contribution in [2.24, 2.45) is 0 Å². The topological polar surface area (TPSA) is 111 Å². The minimum absolute atomic E-state index is 0.106. The van der Waals surface area contributed by atoms with Crippen molar-refractivity contribution in [3.8, 4) is 28.1 Å². The molecule has 0 bridgehead atoms. The first-order chi connectivity index (χ1) is 18.6. The molecule has 0 aliphatic carbocycles. The lowest BCUT2D eigenvalue weighted by Gasteiger charge is -2.18. The summed E-state index contributed by atoms with van der Waals surface area (Å²) < 4.78 is 55.6. The van der Waals surface area contributed by atoms with Crippen LogP contribution in [0.5, 0.6) is 5.88 Å². The number of halogens is 3. The Hall–Kier alpha value is -4.03. The number of hydrogen-bond donors (Lipinski definition) is 2. The van der Waals surface area contributed by atoms with Crippen LogP contribution in [0.3, 0.4) is 0 Å². The molecule has 1 aliphatic rings. The maximum Gasteiger partial charge on any atom is 0.266 e. The predicted octanol–water partition coefficient (Wildman–Crippen LogP) is 4.29. The van der Waals surface area contributed by atoms with Crippen LogP contribution in [0, 0.1) is 5.82 Å². The summed E-state index contributed by atoms with van der Waals surface area (Å²) in [6.07, 6.45) is 1.69. The van der Waals surface area contributed by atoms with Gasteiger partial charge in [0.2, 0.25) is 5.88 Å². The fourth-order valence-electron chi connectivity index (χ4n) is 4.33. The van der Waals surface area contributed by atoms with E-state index in [1.54, 1.807) is 38.4 Å². The van der Waals surface area contributed by atoms with E-state index in [4.69, 9.17) is 9.47 Å². The number of carbonyl (C=O) groups excluding carboxylic acids is 1. The number of carbonyl (C=O) groups is 1. The van der Waals surface area contributed by atoms with Crippen LogP contribution in [0.2, 0.25) is 0 Å². The number of alkyl halides is 2. The first-order valence-electron chi connectivity index (χ1n) is 12.2. The average molecular weight is 542 g/mol. The van der Waals surface area contributed by atoms with Gasteiger partial charge in [-0.3, -0.25) is 9.78 Å². The summed E-state index contributed by atoms with van der Waals surface area (Å²) in [5.41, 5.74) is -0.554. The van der Waals surface area contributed by atoms with E-state index in [0.29, 0.717) is 36.5 Å². The molecule has 204 valence electrons. The Labute approximate surface area is 221 Å². The van der Waals surface area contributed by atoms with Crippen LogP contribution in [-0.2, 0) is 10.3 Å². The van der Waals surface area contributed by atoms with Crippen LogP contribution < -0.4 is 10.1 Å². The van der Waals surface area contributed by atoms with E-state index in [0.717, 1.165) is 6.07 Å². The summed E-state index contributed by atoms with van der Waals surface area (Å²) in [4.78, 5) is 21.2. The van der Waals surface area contributed by atoms with Gasteiger partial charge >= 0.3 is 0 Å². The van der Waals surface area contributed by atoms with Gasteiger partial charge in [-0.05, 0) is 32.0 Å². The van der Waals surface area contributed by atoms with Crippen LogP contribution in [0.4, 0.5) is 13.2 Å². The second-order valence-electron chi connectivity index (χ2n) is 9.69. The number of aliphatic hydroxyl groups is 1. The third-order valence-corrected chi connectivity index (χ3v) is 6.44. The third kappa shape index (κ3) is 5.17. The van der Waals surface area contributed by atoms with Crippen LogP contribution in [-0.4, -0.2) is 57.0 Å². The van der Waals surface area contributed by atoms with Gasteiger partial charge in [-0.25, -0.2) is 17.7 Å². The van der Waals surface area contributed by atoms with Gasteiger partial charge in [0.05, 0.1) is 36.2 Å². The number of ether oxygens (including phenoxy) is 2. The molecule has 1 atom stereocenters. The molecule has 1 aromatic carbocycles. The Kier molecular flexibility index (Phi) is 7.00. The molecule has 0 radical (unpaired) electrons. The zero-order valence-corrected chi connectivity index (χ0v) is 21.4. The van der Waals surface area contributed by atoms with Gasteiger partial charge in [0.1, 0.15) is 17.5 Å². The number of rotatable bonds is 7. The molecule has 39 heavy (non-hydrogen) atoms. The van der Waals surface area contributed by atoms with E-state index in [9.17, 15) is 18.7 Å². The maximum absolute atomic E-state index is 15.3. The van der Waals surface area contributed by atoms with Gasteiger partial charge in [0.15, 0.2) is 5.65 Å². The second kappa shape index (κ2) is 10.3. The molecule has 1 fully saturated rings. The largest absolute Gasteiger partial charge is 0.471 e. The lowest BCUT2D eigenvalue weighted by molar-refractivity contribution is 0.0738. The molecule has 4 aromatic rings. The first-order valence-corrected chi connectivity index (χ1v) is 12.2. The number of benzene rings is 1. The van der Waals surface area contributed by atoms with Gasteiger partial charge in [-0.1, -0.05) is 6.07 Å². The highest BCUT2D eigenvalue weighted by Crippen LogP contribution is 2.37. The molecule has 12 heteroatoms. The molecule has 4 heterocycles. The van der Waals surface area contributed by atoms with Crippen molar-refractivity contribution in [2.45, 2.75) is 38.4 Å². The summed E-state index contributed by atoms with van der Waals surface area (Å²) in [6.45, 7) is 4.13. The lowest BCUT2D eigenvalue weighted by Crippen LogP contribution is -2.18. The summed E-state index contributed by atoms with van der Waals surface area (Å²) >= 11 is 0. The Morgan fingerprint density at radius 3 is 2.64 bits per heavy atom. The Morgan fingerprint density at radius 2 is 2.03 bits per heavy atom. The van der Waals surface area contributed by atoms with Crippen molar-refractivity contribution in [3.05, 3.63) is 65.5 Å².